The SMILES string of the molecule is CC1(O)CCC(N2CC(CC(=O)CC(C)(C)c3cccc(C(F)(F)F)c3)(CC(=O)c3cc(-c4ccc(F)cc4F)on3)C2)CC1. The molecular weight excluding hydrogens is 595 g/mol. The second kappa shape index (κ2) is 12.1. The molecule has 3 aromatic rings. The first-order valence-electron chi connectivity index (χ1n) is 15.1. The second-order valence-electron chi connectivity index (χ2n) is 13.8. The van der Waals surface area contributed by atoms with E-state index >= 15 is 0 Å². The molecule has 242 valence electrons. The molecule has 1 N–H and O–H groups in total. The number of hydrogen-bond donors (Lipinski definition) is 1. The van der Waals surface area contributed by atoms with E-state index in [9.17, 15) is 36.6 Å². The lowest BCUT2D eigenvalue weighted by molar-refractivity contribution is -0.137. The van der Waals surface area contributed by atoms with Crippen LogP contribution >= 0.6 is 0 Å². The number of alkyl halides is 3. The van der Waals surface area contributed by atoms with Gasteiger partial charge in [0.2, 0.25) is 0 Å². The zero-order valence-corrected chi connectivity index (χ0v) is 25.5. The number of halogens is 5. The summed E-state index contributed by atoms with van der Waals surface area (Å²) in [6.45, 7) is 6.18. The Labute approximate surface area is 258 Å². The number of carbonyl (C=O) groups is 2. The lowest BCUT2D eigenvalue weighted by Gasteiger charge is -2.55. The van der Waals surface area contributed by atoms with Crippen LogP contribution in [0.4, 0.5) is 22.0 Å². The smallest absolute Gasteiger partial charge is 0.390 e. The summed E-state index contributed by atoms with van der Waals surface area (Å²) < 4.78 is 73.0. The molecule has 45 heavy (non-hydrogen) atoms. The summed E-state index contributed by atoms with van der Waals surface area (Å²) in [6, 6.07) is 9.44. The van der Waals surface area contributed by atoms with Crippen molar-refractivity contribution in [3.63, 3.8) is 0 Å². The predicted octanol–water partition coefficient (Wildman–Crippen LogP) is 7.53. The maximum Gasteiger partial charge on any atom is 0.416 e. The Bertz CT molecular complexity index is 1560. The largest absolute Gasteiger partial charge is 0.416 e. The van der Waals surface area contributed by atoms with Gasteiger partial charge in [-0.2, -0.15) is 13.2 Å². The number of Topliss-reactive ketones (excluding diaryl/α,β-unsaturated/α-hetero) is 2. The van der Waals surface area contributed by atoms with Gasteiger partial charge in [-0.1, -0.05) is 37.2 Å². The molecule has 5 rings (SSSR count). The maximum atomic E-state index is 14.3. The third-order valence-corrected chi connectivity index (χ3v) is 9.34. The van der Waals surface area contributed by atoms with Crippen molar-refractivity contribution in [1.29, 1.82) is 0 Å². The van der Waals surface area contributed by atoms with Crippen LogP contribution in [0, 0.1) is 17.0 Å². The highest BCUT2D eigenvalue weighted by molar-refractivity contribution is 5.96. The molecule has 0 amide bonds. The van der Waals surface area contributed by atoms with Gasteiger partial charge in [-0.3, -0.25) is 14.5 Å². The molecule has 2 heterocycles. The summed E-state index contributed by atoms with van der Waals surface area (Å²) in [5, 5.41) is 14.2. The van der Waals surface area contributed by atoms with Crippen LogP contribution in [0.2, 0.25) is 0 Å². The number of likely N-dealkylation sites (tertiary alicyclic amines) is 1. The molecule has 2 fully saturated rings. The lowest BCUT2D eigenvalue weighted by Crippen LogP contribution is -2.62. The fraction of sp³-hybridized carbons (Fsp3) is 0.500. The van der Waals surface area contributed by atoms with Crippen LogP contribution in [-0.4, -0.2) is 51.5 Å². The van der Waals surface area contributed by atoms with Gasteiger partial charge in [0.15, 0.2) is 11.5 Å². The Morgan fingerprint density at radius 1 is 1.00 bits per heavy atom. The van der Waals surface area contributed by atoms with Crippen LogP contribution in [0.15, 0.2) is 53.1 Å². The Balaban J connectivity index is 1.32. The highest BCUT2D eigenvalue weighted by Gasteiger charge is 2.49. The number of nitrogens with zero attached hydrogens (tertiary/aromatic N) is 2. The number of rotatable bonds is 10. The molecular formula is C34H37F5N2O4. The van der Waals surface area contributed by atoms with Crippen LogP contribution in [0.1, 0.15) is 87.3 Å². The number of benzene rings is 2. The quantitative estimate of drug-likeness (QED) is 0.184. The molecule has 0 bridgehead atoms. The van der Waals surface area contributed by atoms with Crippen LogP contribution in [0.25, 0.3) is 11.3 Å². The fourth-order valence-corrected chi connectivity index (χ4v) is 6.80. The highest BCUT2D eigenvalue weighted by atomic mass is 19.4. The van der Waals surface area contributed by atoms with Gasteiger partial charge in [-0.15, -0.1) is 0 Å². The average molecular weight is 633 g/mol. The third kappa shape index (κ3) is 7.52. The minimum atomic E-state index is -4.51. The minimum Gasteiger partial charge on any atom is -0.390 e. The second-order valence-corrected chi connectivity index (χ2v) is 13.8. The van der Waals surface area contributed by atoms with Crippen molar-refractivity contribution in [2.45, 2.75) is 89.0 Å². The van der Waals surface area contributed by atoms with Crippen molar-refractivity contribution in [1.82, 2.24) is 10.1 Å². The van der Waals surface area contributed by atoms with Crippen molar-refractivity contribution < 1.29 is 41.2 Å². The molecule has 2 aromatic carbocycles. The van der Waals surface area contributed by atoms with Crippen LogP contribution in [0.5, 0.6) is 0 Å². The van der Waals surface area contributed by atoms with Gasteiger partial charge in [-0.25, -0.2) is 8.78 Å². The Kier molecular flexibility index (Phi) is 8.82. The zero-order valence-electron chi connectivity index (χ0n) is 25.5. The Hall–Kier alpha value is -3.44. The summed E-state index contributed by atoms with van der Waals surface area (Å²) in [7, 11) is 0. The van der Waals surface area contributed by atoms with E-state index in [4.69, 9.17) is 4.52 Å². The summed E-state index contributed by atoms with van der Waals surface area (Å²) >= 11 is 0. The molecule has 1 aliphatic carbocycles. The Morgan fingerprint density at radius 3 is 2.31 bits per heavy atom. The molecule has 1 aliphatic heterocycles. The standard InChI is InChI=1S/C34H37F5N2O4/c1-31(2,21-5-4-6-22(13-21)34(37,38)39)16-25(42)17-33(19-41(20-33)24-9-11-32(3,44)12-10-24)18-29(43)28-15-30(45-40-28)26-8-7-23(35)14-27(26)36/h4-8,13-15,24,44H,9-12,16-20H2,1-3H3. The van der Waals surface area contributed by atoms with E-state index in [2.05, 4.69) is 10.1 Å². The van der Waals surface area contributed by atoms with E-state index in [-0.39, 0.29) is 48.1 Å². The first-order valence-corrected chi connectivity index (χ1v) is 15.1. The molecule has 1 saturated heterocycles. The molecule has 11 heteroatoms. The summed E-state index contributed by atoms with van der Waals surface area (Å²) in [4.78, 5) is 29.3. The Morgan fingerprint density at radius 2 is 1.67 bits per heavy atom. The van der Waals surface area contributed by atoms with Gasteiger partial charge in [0.1, 0.15) is 23.1 Å². The van der Waals surface area contributed by atoms with Gasteiger partial charge in [0, 0.05) is 55.9 Å². The first-order chi connectivity index (χ1) is 21.0. The highest BCUT2D eigenvalue weighted by Crippen LogP contribution is 2.45. The molecule has 0 unspecified atom stereocenters. The normalized spacial score (nSPS) is 22.2. The first kappa shape index (κ1) is 32.9. The lowest BCUT2D eigenvalue weighted by atomic mass is 9.68. The summed E-state index contributed by atoms with van der Waals surface area (Å²) in [5.74, 6) is -2.23. The van der Waals surface area contributed by atoms with Crippen LogP contribution in [-0.2, 0) is 16.4 Å². The molecule has 1 aromatic heterocycles. The number of aromatic nitrogens is 1. The number of ketones is 2. The van der Waals surface area contributed by atoms with Crippen LogP contribution in [0.3, 0.4) is 0 Å². The molecule has 0 atom stereocenters. The average Bonchev–Trinajstić information content (AvgIpc) is 3.41. The summed E-state index contributed by atoms with van der Waals surface area (Å²) in [5.41, 5.74) is -2.82. The molecule has 2 aliphatic rings. The van der Waals surface area contributed by atoms with Gasteiger partial charge < -0.3 is 9.63 Å². The van der Waals surface area contributed by atoms with Crippen LogP contribution < -0.4 is 0 Å². The van der Waals surface area contributed by atoms with Crippen molar-refractivity contribution in [3.8, 4) is 11.3 Å². The van der Waals surface area contributed by atoms with E-state index in [0.717, 1.165) is 31.0 Å². The van der Waals surface area contributed by atoms with Crippen molar-refractivity contribution >= 4 is 11.6 Å². The van der Waals surface area contributed by atoms with Crippen molar-refractivity contribution in [3.05, 3.63) is 77.0 Å². The molecule has 0 spiro atoms. The zero-order chi connectivity index (χ0) is 32.8. The molecule has 1 saturated carbocycles. The molecule has 0 radical (unpaired) electrons. The topological polar surface area (TPSA) is 83.6 Å². The monoisotopic (exact) mass is 632 g/mol. The summed E-state index contributed by atoms with van der Waals surface area (Å²) in [6.07, 6.45) is -1.67. The molecule has 6 nitrogen and oxygen atoms in total. The van der Waals surface area contributed by atoms with E-state index in [0.29, 0.717) is 37.6 Å². The van der Waals surface area contributed by atoms with Crippen molar-refractivity contribution in [2.24, 2.45) is 5.41 Å². The third-order valence-electron chi connectivity index (χ3n) is 9.34. The van der Waals surface area contributed by atoms with E-state index in [1.165, 1.54) is 18.2 Å². The van der Waals surface area contributed by atoms with Gasteiger partial charge >= 0.3 is 6.18 Å². The van der Waals surface area contributed by atoms with Gasteiger partial charge in [-0.05, 0) is 61.8 Å². The van der Waals surface area contributed by atoms with Crippen molar-refractivity contribution in [2.75, 3.05) is 13.1 Å². The minimum absolute atomic E-state index is 0.0193. The van der Waals surface area contributed by atoms with Gasteiger partial charge in [0.25, 0.3) is 0 Å². The van der Waals surface area contributed by atoms with E-state index in [1.54, 1.807) is 19.9 Å². The van der Waals surface area contributed by atoms with Gasteiger partial charge in [0.05, 0.1) is 16.7 Å². The van der Waals surface area contributed by atoms with E-state index in [1.807, 2.05) is 6.92 Å². The van der Waals surface area contributed by atoms with E-state index < -0.39 is 45.6 Å². The maximum absolute atomic E-state index is 14.3. The fourth-order valence-electron chi connectivity index (χ4n) is 6.80. The number of aliphatic hydroxyl groups is 1. The predicted molar refractivity (Wildman–Crippen MR) is 156 cm³/mol. The number of hydrogen-bond acceptors (Lipinski definition) is 6. The number of carbonyl (C=O) groups excluding carboxylic acids is 2.